The number of imidazole rings is 1. The van der Waals surface area contributed by atoms with Gasteiger partial charge in [0.15, 0.2) is 11.3 Å². The summed E-state index contributed by atoms with van der Waals surface area (Å²) in [7, 11) is 1.44. The molecule has 2 rings (SSSR count). The minimum Gasteiger partial charge on any atom is -0.364 e. The van der Waals surface area contributed by atoms with E-state index in [9.17, 15) is 9.59 Å². The van der Waals surface area contributed by atoms with Gasteiger partial charge in [-0.1, -0.05) is 5.21 Å². The van der Waals surface area contributed by atoms with E-state index in [0.717, 1.165) is 9.08 Å². The monoisotopic (exact) mass is 193 g/mol. The normalized spacial score (nSPS) is 10.6. The molecule has 0 aliphatic heterocycles. The molecular formula is C6H6N6O2. The molecule has 0 saturated carbocycles. The van der Waals surface area contributed by atoms with Crippen LogP contribution in [0.5, 0.6) is 0 Å². The molecule has 0 atom stereocenters. The Balaban J connectivity index is 2.91. The van der Waals surface area contributed by atoms with Gasteiger partial charge in [-0.3, -0.25) is 4.79 Å². The lowest BCUT2D eigenvalue weighted by molar-refractivity contribution is 0.0997. The highest BCUT2D eigenvalue weighted by Gasteiger charge is 2.13. The highest BCUT2D eigenvalue weighted by atomic mass is 16.2. The van der Waals surface area contributed by atoms with Crippen LogP contribution in [0, 0.1) is 0 Å². The smallest absolute Gasteiger partial charge is 0.352 e. The molecule has 0 radical (unpaired) electrons. The first-order chi connectivity index (χ1) is 6.61. The summed E-state index contributed by atoms with van der Waals surface area (Å²) in [4.78, 5) is 25.9. The first-order valence-electron chi connectivity index (χ1n) is 3.68. The molecule has 2 aromatic heterocycles. The van der Waals surface area contributed by atoms with Crippen molar-refractivity contribution in [2.75, 3.05) is 0 Å². The summed E-state index contributed by atoms with van der Waals surface area (Å²) in [5, 5.41) is 7.14. The predicted molar refractivity (Wildman–Crippen MR) is 44.5 cm³/mol. The zero-order valence-electron chi connectivity index (χ0n) is 7.21. The fraction of sp³-hybridized carbons (Fsp3) is 0.167. The zero-order chi connectivity index (χ0) is 10.3. The minimum atomic E-state index is -0.741. The predicted octanol–water partition coefficient (Wildman–Crippen LogP) is -2.08. The number of primary amides is 1. The van der Waals surface area contributed by atoms with Crippen LogP contribution in [0.2, 0.25) is 0 Å². The van der Waals surface area contributed by atoms with Crippen molar-refractivity contribution in [2.45, 2.75) is 0 Å². The van der Waals surface area contributed by atoms with Gasteiger partial charge < -0.3 is 5.73 Å². The van der Waals surface area contributed by atoms with E-state index in [1.54, 1.807) is 0 Å². The van der Waals surface area contributed by atoms with Crippen molar-refractivity contribution in [3.8, 4) is 0 Å². The standard InChI is InChI=1S/C6H6N6O2/c1-11-6(14)12-2-8-3(4(7)13)5(12)9-10-11/h2H,1H3,(H2,7,13)/i1-1. The number of carbonyl (C=O) groups excluding carboxylic acids is 1. The highest BCUT2D eigenvalue weighted by molar-refractivity contribution is 5.96. The summed E-state index contributed by atoms with van der Waals surface area (Å²) in [5.41, 5.74) is 4.60. The Labute approximate surface area is 77.0 Å². The number of amides is 1. The number of aromatic nitrogens is 5. The molecule has 0 aliphatic carbocycles. The zero-order valence-corrected chi connectivity index (χ0v) is 7.21. The van der Waals surface area contributed by atoms with E-state index in [4.69, 9.17) is 5.73 Å². The largest absolute Gasteiger partial charge is 0.364 e. The average molecular weight is 193 g/mol. The van der Waals surface area contributed by atoms with E-state index in [-0.39, 0.29) is 11.3 Å². The van der Waals surface area contributed by atoms with Gasteiger partial charge in [0.25, 0.3) is 5.91 Å². The van der Waals surface area contributed by atoms with E-state index < -0.39 is 11.6 Å². The molecule has 0 fully saturated rings. The Morgan fingerprint density at radius 2 is 2.29 bits per heavy atom. The quantitative estimate of drug-likeness (QED) is 0.559. The number of nitrogens with zero attached hydrogens (tertiary/aromatic N) is 5. The first kappa shape index (κ1) is 8.35. The van der Waals surface area contributed by atoms with Gasteiger partial charge in [-0.15, -0.1) is 5.10 Å². The lowest BCUT2D eigenvalue weighted by Crippen LogP contribution is -2.27. The minimum absolute atomic E-state index is 0.0600. The van der Waals surface area contributed by atoms with E-state index in [1.807, 2.05) is 0 Å². The summed E-state index contributed by atoms with van der Waals surface area (Å²) in [5.74, 6) is -0.741. The second-order valence-corrected chi connectivity index (χ2v) is 2.65. The van der Waals surface area contributed by atoms with Crippen LogP contribution in [-0.2, 0) is 7.05 Å². The molecule has 0 aliphatic rings. The Hall–Kier alpha value is -2.25. The number of carbonyl (C=O) groups is 1. The van der Waals surface area contributed by atoms with Gasteiger partial charge >= 0.3 is 5.69 Å². The molecular weight excluding hydrogens is 187 g/mol. The summed E-state index contributed by atoms with van der Waals surface area (Å²) in [6.45, 7) is 0. The highest BCUT2D eigenvalue weighted by Crippen LogP contribution is 2.00. The van der Waals surface area contributed by atoms with Gasteiger partial charge in [0.05, 0.1) is 0 Å². The van der Waals surface area contributed by atoms with Crippen molar-refractivity contribution in [1.29, 1.82) is 0 Å². The number of fused-ring (bicyclic) bond motifs is 1. The number of nitrogens with two attached hydrogens (primary N) is 1. The van der Waals surface area contributed by atoms with Gasteiger partial charge in [0.2, 0.25) is 0 Å². The molecule has 0 bridgehead atoms. The van der Waals surface area contributed by atoms with Crippen LogP contribution in [0.3, 0.4) is 0 Å². The van der Waals surface area contributed by atoms with Crippen LogP contribution in [0.4, 0.5) is 0 Å². The van der Waals surface area contributed by atoms with Crippen LogP contribution in [0.15, 0.2) is 11.1 Å². The van der Waals surface area contributed by atoms with Crippen molar-refractivity contribution in [1.82, 2.24) is 24.4 Å². The van der Waals surface area contributed by atoms with Gasteiger partial charge in [-0.2, -0.15) is 4.68 Å². The van der Waals surface area contributed by atoms with Crippen molar-refractivity contribution in [3.05, 3.63) is 22.5 Å². The second-order valence-electron chi connectivity index (χ2n) is 2.65. The number of hydrogen-bond donors (Lipinski definition) is 1. The molecule has 0 unspecified atom stereocenters. The van der Waals surface area contributed by atoms with Crippen LogP contribution >= 0.6 is 0 Å². The molecule has 14 heavy (non-hydrogen) atoms. The maximum Gasteiger partial charge on any atom is 0.352 e. The molecule has 1 amide bonds. The SMILES string of the molecule is [11CH3]n1nnc2c(C(N)=O)ncn2c1=O. The average Bonchev–Trinajstić information content (AvgIpc) is 2.55. The molecule has 2 aromatic rings. The second kappa shape index (κ2) is 2.62. The molecule has 2 heterocycles. The van der Waals surface area contributed by atoms with Gasteiger partial charge in [-0.25, -0.2) is 14.2 Å². The molecule has 0 spiro atoms. The van der Waals surface area contributed by atoms with Crippen LogP contribution in [0.25, 0.3) is 5.65 Å². The van der Waals surface area contributed by atoms with Crippen molar-refractivity contribution in [2.24, 2.45) is 12.8 Å². The summed E-state index contributed by atoms with van der Waals surface area (Å²) in [6, 6.07) is 0. The summed E-state index contributed by atoms with van der Waals surface area (Å²) >= 11 is 0. The Kier molecular flexibility index (Phi) is 1.56. The van der Waals surface area contributed by atoms with Crippen molar-refractivity contribution < 1.29 is 4.79 Å². The van der Waals surface area contributed by atoms with E-state index >= 15 is 0 Å². The fourth-order valence-electron chi connectivity index (χ4n) is 1.05. The van der Waals surface area contributed by atoms with Crippen molar-refractivity contribution >= 4 is 11.6 Å². The van der Waals surface area contributed by atoms with Crippen molar-refractivity contribution in [3.63, 3.8) is 0 Å². The summed E-state index contributed by atoms with van der Waals surface area (Å²) < 4.78 is 2.13. The van der Waals surface area contributed by atoms with E-state index in [0.29, 0.717) is 0 Å². The third-order valence-electron chi connectivity index (χ3n) is 1.73. The maximum absolute atomic E-state index is 11.4. The molecule has 0 aromatic carbocycles. The third kappa shape index (κ3) is 0.969. The molecule has 72 valence electrons. The van der Waals surface area contributed by atoms with Gasteiger partial charge in [0.1, 0.15) is 6.33 Å². The van der Waals surface area contributed by atoms with Crippen LogP contribution in [0.1, 0.15) is 10.5 Å². The Morgan fingerprint density at radius 3 is 2.93 bits per heavy atom. The molecule has 8 heteroatoms. The number of aryl methyl sites for hydroxylation is 1. The summed E-state index contributed by atoms with van der Waals surface area (Å²) in [6.07, 6.45) is 1.19. The maximum atomic E-state index is 11.4. The molecule has 0 saturated heterocycles. The van der Waals surface area contributed by atoms with E-state index in [2.05, 4.69) is 15.3 Å². The lowest BCUT2D eigenvalue weighted by Gasteiger charge is -1.95. The number of hydrogen-bond acceptors (Lipinski definition) is 5. The molecule has 8 nitrogen and oxygen atoms in total. The van der Waals surface area contributed by atoms with Gasteiger partial charge in [-0.05, 0) is 0 Å². The van der Waals surface area contributed by atoms with Crippen LogP contribution < -0.4 is 11.4 Å². The third-order valence-corrected chi connectivity index (χ3v) is 1.73. The van der Waals surface area contributed by atoms with Gasteiger partial charge in [0, 0.05) is 7.05 Å². The Bertz CT molecular complexity index is 567. The first-order valence-corrected chi connectivity index (χ1v) is 3.68. The van der Waals surface area contributed by atoms with Crippen LogP contribution in [-0.4, -0.2) is 30.3 Å². The molecule has 2 N–H and O–H groups in total. The van der Waals surface area contributed by atoms with E-state index in [1.165, 1.54) is 13.4 Å². The number of rotatable bonds is 1. The lowest BCUT2D eigenvalue weighted by atomic mass is 10.4. The Morgan fingerprint density at radius 1 is 1.57 bits per heavy atom. The topological polar surface area (TPSA) is 108 Å². The fourth-order valence-corrected chi connectivity index (χ4v) is 1.05.